The monoisotopic (exact) mass is 271 g/mol. The van der Waals surface area contributed by atoms with Gasteiger partial charge in [0.15, 0.2) is 0 Å². The second kappa shape index (κ2) is 6.70. The van der Waals surface area contributed by atoms with Gasteiger partial charge < -0.3 is 15.2 Å². The average Bonchev–Trinajstić information content (AvgIpc) is 2.52. The Labute approximate surface area is 113 Å². The molecule has 1 aromatic heterocycles. The third kappa shape index (κ3) is 3.96. The van der Waals surface area contributed by atoms with Crippen LogP contribution in [0, 0.1) is 12.8 Å². The molecule has 0 bridgehead atoms. The van der Waals surface area contributed by atoms with Gasteiger partial charge >= 0.3 is 0 Å². The van der Waals surface area contributed by atoms with Crippen LogP contribution in [0.5, 0.6) is 5.88 Å². The maximum atomic E-state index is 5.67. The molecule has 0 aliphatic rings. The van der Waals surface area contributed by atoms with Crippen molar-refractivity contribution in [3.05, 3.63) is 11.3 Å². The largest absolute Gasteiger partial charge is 0.475 e. The summed E-state index contributed by atoms with van der Waals surface area (Å²) < 4.78 is 12.7. The van der Waals surface area contributed by atoms with Gasteiger partial charge in [0, 0.05) is 13.7 Å². The number of thiocarbonyl (C=S) groups is 1. The van der Waals surface area contributed by atoms with Crippen LogP contribution in [-0.2, 0) is 11.8 Å². The molecule has 0 atom stereocenters. The van der Waals surface area contributed by atoms with E-state index >= 15 is 0 Å². The van der Waals surface area contributed by atoms with Crippen LogP contribution >= 0.6 is 12.2 Å². The highest BCUT2D eigenvalue weighted by atomic mass is 32.1. The summed E-state index contributed by atoms with van der Waals surface area (Å²) in [6.07, 6.45) is 0. The first kappa shape index (κ1) is 14.9. The van der Waals surface area contributed by atoms with Crippen LogP contribution < -0.4 is 10.5 Å². The fourth-order valence-corrected chi connectivity index (χ4v) is 1.84. The van der Waals surface area contributed by atoms with Gasteiger partial charge in [0.05, 0.1) is 17.9 Å². The number of hydrogen-bond donors (Lipinski definition) is 1. The number of hydrogen-bond acceptors (Lipinski definition) is 4. The first-order valence-electron chi connectivity index (χ1n) is 5.97. The molecular formula is C12H21N3O2S. The molecule has 6 heteroatoms. The zero-order chi connectivity index (χ0) is 13.7. The van der Waals surface area contributed by atoms with Gasteiger partial charge in [-0.25, -0.2) is 4.68 Å². The summed E-state index contributed by atoms with van der Waals surface area (Å²) >= 11 is 5.00. The molecule has 0 spiro atoms. The van der Waals surface area contributed by atoms with Crippen molar-refractivity contribution in [1.29, 1.82) is 0 Å². The van der Waals surface area contributed by atoms with Crippen molar-refractivity contribution in [2.45, 2.75) is 20.8 Å². The molecule has 1 heterocycles. The molecule has 0 aliphatic heterocycles. The van der Waals surface area contributed by atoms with Crippen LogP contribution in [0.3, 0.4) is 0 Å². The zero-order valence-electron chi connectivity index (χ0n) is 11.4. The Morgan fingerprint density at radius 1 is 1.44 bits per heavy atom. The van der Waals surface area contributed by atoms with Crippen molar-refractivity contribution in [1.82, 2.24) is 9.78 Å². The van der Waals surface area contributed by atoms with Crippen LogP contribution in [0.2, 0.25) is 0 Å². The van der Waals surface area contributed by atoms with E-state index in [9.17, 15) is 0 Å². The maximum Gasteiger partial charge on any atom is 0.222 e. The predicted molar refractivity (Wildman–Crippen MR) is 75.0 cm³/mol. The molecule has 0 fully saturated rings. The normalized spacial score (nSPS) is 10.9. The highest BCUT2D eigenvalue weighted by Crippen LogP contribution is 2.20. The molecule has 102 valence electrons. The fraction of sp³-hybridized carbons (Fsp3) is 0.667. The van der Waals surface area contributed by atoms with Gasteiger partial charge in [0.1, 0.15) is 11.6 Å². The van der Waals surface area contributed by atoms with E-state index in [2.05, 4.69) is 18.9 Å². The standard InChI is InChI=1S/C12H21N3O2S/c1-8(2)7-16-5-6-17-12-10(11(13)18)9(3)14-15(12)4/h8H,5-7H2,1-4H3,(H2,13,18). The smallest absolute Gasteiger partial charge is 0.222 e. The van der Waals surface area contributed by atoms with Crippen LogP contribution in [0.4, 0.5) is 0 Å². The Hall–Kier alpha value is -1.14. The molecule has 0 unspecified atom stereocenters. The number of aryl methyl sites for hydroxylation is 2. The van der Waals surface area contributed by atoms with Gasteiger partial charge in [-0.15, -0.1) is 0 Å². The molecule has 1 aromatic rings. The lowest BCUT2D eigenvalue weighted by molar-refractivity contribution is 0.0793. The molecule has 0 aliphatic carbocycles. The van der Waals surface area contributed by atoms with Crippen molar-refractivity contribution < 1.29 is 9.47 Å². The number of nitrogens with zero attached hydrogens (tertiary/aromatic N) is 2. The van der Waals surface area contributed by atoms with E-state index < -0.39 is 0 Å². The number of nitrogens with two attached hydrogens (primary N) is 1. The summed E-state index contributed by atoms with van der Waals surface area (Å²) in [6, 6.07) is 0. The highest BCUT2D eigenvalue weighted by Gasteiger charge is 2.16. The zero-order valence-corrected chi connectivity index (χ0v) is 12.2. The maximum absolute atomic E-state index is 5.67. The third-order valence-electron chi connectivity index (χ3n) is 2.33. The molecule has 18 heavy (non-hydrogen) atoms. The lowest BCUT2D eigenvalue weighted by Gasteiger charge is -2.10. The van der Waals surface area contributed by atoms with Crippen molar-refractivity contribution in [3.63, 3.8) is 0 Å². The van der Waals surface area contributed by atoms with Crippen LogP contribution in [0.15, 0.2) is 0 Å². The third-order valence-corrected chi connectivity index (χ3v) is 2.54. The van der Waals surface area contributed by atoms with Crippen molar-refractivity contribution >= 4 is 17.2 Å². The van der Waals surface area contributed by atoms with E-state index in [1.165, 1.54) is 0 Å². The quantitative estimate of drug-likeness (QED) is 0.600. The lowest BCUT2D eigenvalue weighted by atomic mass is 10.2. The summed E-state index contributed by atoms with van der Waals surface area (Å²) in [5, 5.41) is 4.24. The minimum Gasteiger partial charge on any atom is -0.475 e. The van der Waals surface area contributed by atoms with E-state index in [1.807, 2.05) is 6.92 Å². The van der Waals surface area contributed by atoms with Gasteiger partial charge in [-0.3, -0.25) is 0 Å². The van der Waals surface area contributed by atoms with E-state index in [0.29, 0.717) is 35.6 Å². The SMILES string of the molecule is Cc1nn(C)c(OCCOCC(C)C)c1C(N)=S. The fourth-order valence-electron chi connectivity index (χ4n) is 1.60. The Bertz CT molecular complexity index is 416. The second-order valence-corrected chi connectivity index (χ2v) is 5.01. The number of ether oxygens (including phenoxy) is 2. The Morgan fingerprint density at radius 3 is 2.67 bits per heavy atom. The summed E-state index contributed by atoms with van der Waals surface area (Å²) in [5.74, 6) is 1.13. The Kier molecular flexibility index (Phi) is 5.55. The van der Waals surface area contributed by atoms with Crippen molar-refractivity contribution in [2.75, 3.05) is 19.8 Å². The molecule has 2 N–H and O–H groups in total. The molecule has 0 aromatic carbocycles. The number of rotatable bonds is 7. The van der Waals surface area contributed by atoms with Gasteiger partial charge in [0.25, 0.3) is 0 Å². The van der Waals surface area contributed by atoms with Gasteiger partial charge in [0.2, 0.25) is 5.88 Å². The lowest BCUT2D eigenvalue weighted by Crippen LogP contribution is -2.15. The first-order chi connectivity index (χ1) is 8.43. The van der Waals surface area contributed by atoms with E-state index in [1.54, 1.807) is 11.7 Å². The highest BCUT2D eigenvalue weighted by molar-refractivity contribution is 7.80. The molecule has 0 saturated carbocycles. The topological polar surface area (TPSA) is 62.3 Å². The molecule has 0 radical (unpaired) electrons. The van der Waals surface area contributed by atoms with Gasteiger partial charge in [-0.1, -0.05) is 26.1 Å². The van der Waals surface area contributed by atoms with Gasteiger partial charge in [-0.05, 0) is 12.8 Å². The minimum absolute atomic E-state index is 0.304. The second-order valence-electron chi connectivity index (χ2n) is 4.57. The van der Waals surface area contributed by atoms with Gasteiger partial charge in [-0.2, -0.15) is 5.10 Å². The summed E-state index contributed by atoms with van der Waals surface area (Å²) in [5.41, 5.74) is 7.15. The van der Waals surface area contributed by atoms with Crippen molar-refractivity contribution in [2.24, 2.45) is 18.7 Å². The van der Waals surface area contributed by atoms with Crippen LogP contribution in [0.25, 0.3) is 0 Å². The van der Waals surface area contributed by atoms with Crippen molar-refractivity contribution in [3.8, 4) is 5.88 Å². The van der Waals surface area contributed by atoms with E-state index in [-0.39, 0.29) is 0 Å². The Morgan fingerprint density at radius 2 is 2.11 bits per heavy atom. The number of aromatic nitrogens is 2. The molecule has 5 nitrogen and oxygen atoms in total. The molecule has 0 amide bonds. The predicted octanol–water partition coefficient (Wildman–Crippen LogP) is 1.41. The van der Waals surface area contributed by atoms with Crippen LogP contribution in [-0.4, -0.2) is 34.6 Å². The van der Waals surface area contributed by atoms with E-state index in [0.717, 1.165) is 12.3 Å². The average molecular weight is 271 g/mol. The van der Waals surface area contributed by atoms with E-state index in [4.69, 9.17) is 27.4 Å². The first-order valence-corrected chi connectivity index (χ1v) is 6.38. The Balaban J connectivity index is 2.54. The molecule has 1 rings (SSSR count). The molecule has 0 saturated heterocycles. The van der Waals surface area contributed by atoms with Crippen LogP contribution in [0.1, 0.15) is 25.1 Å². The minimum atomic E-state index is 0.304. The summed E-state index contributed by atoms with van der Waals surface area (Å²) in [6.45, 7) is 7.81. The summed E-state index contributed by atoms with van der Waals surface area (Å²) in [7, 11) is 1.80. The summed E-state index contributed by atoms with van der Waals surface area (Å²) in [4.78, 5) is 0.304. The molecular weight excluding hydrogens is 250 g/mol.